The third kappa shape index (κ3) is 3.24. The molecule has 1 heterocycles. The largest absolute Gasteiger partial charge is 0.477 e. The lowest BCUT2D eigenvalue weighted by atomic mass is 10.00. The van der Waals surface area contributed by atoms with Crippen LogP contribution in [0.5, 0.6) is 5.75 Å². The predicted molar refractivity (Wildman–Crippen MR) is 98.5 cm³/mol. The molecule has 0 radical (unpaired) electrons. The first-order chi connectivity index (χ1) is 14.1. The summed E-state index contributed by atoms with van der Waals surface area (Å²) in [4.78, 5) is 26.3. The summed E-state index contributed by atoms with van der Waals surface area (Å²) in [5.41, 5.74) is -1.42. The third-order valence-corrected chi connectivity index (χ3v) is 4.55. The SMILES string of the molecule is CC=Cc1cccc2c1OC(C(C)C)C(=O)N2C(=O)c1c(F)c(F)c(F)c(F)c1F. The minimum atomic E-state index is -2.40. The summed E-state index contributed by atoms with van der Waals surface area (Å²) < 4.78 is 74.9. The molecule has 0 saturated heterocycles. The molecule has 3 rings (SSSR count). The fraction of sp³-hybridized carbons (Fsp3) is 0.238. The Hall–Kier alpha value is -3.23. The number of benzene rings is 2. The fourth-order valence-electron chi connectivity index (χ4n) is 3.12. The lowest BCUT2D eigenvalue weighted by Crippen LogP contribution is -2.51. The number of allylic oxidation sites excluding steroid dienone is 1. The van der Waals surface area contributed by atoms with E-state index in [1.54, 1.807) is 39.0 Å². The van der Waals surface area contributed by atoms with Gasteiger partial charge in [0.05, 0.1) is 5.69 Å². The molecule has 0 fully saturated rings. The molecule has 2 aromatic rings. The zero-order chi connectivity index (χ0) is 22.3. The number of carbonyl (C=O) groups excluding carboxylic acids is 2. The van der Waals surface area contributed by atoms with Gasteiger partial charge in [0.2, 0.25) is 5.82 Å². The lowest BCUT2D eigenvalue weighted by Gasteiger charge is -2.35. The Kier molecular flexibility index (Phi) is 5.65. The predicted octanol–water partition coefficient (Wildman–Crippen LogP) is 5.01. The summed E-state index contributed by atoms with van der Waals surface area (Å²) in [7, 11) is 0. The maximum atomic E-state index is 14.2. The van der Waals surface area contributed by atoms with Crippen LogP contribution in [0.3, 0.4) is 0 Å². The summed E-state index contributed by atoms with van der Waals surface area (Å²) in [5, 5.41) is 0. The highest BCUT2D eigenvalue weighted by atomic mass is 19.2. The zero-order valence-electron chi connectivity index (χ0n) is 16.1. The van der Waals surface area contributed by atoms with Crippen LogP contribution in [0, 0.1) is 35.0 Å². The topological polar surface area (TPSA) is 46.6 Å². The summed E-state index contributed by atoms with van der Waals surface area (Å²) in [6, 6.07) is 4.35. The van der Waals surface area contributed by atoms with Crippen molar-refractivity contribution in [1.29, 1.82) is 0 Å². The van der Waals surface area contributed by atoms with E-state index in [1.807, 2.05) is 0 Å². The summed E-state index contributed by atoms with van der Waals surface area (Å²) >= 11 is 0. The highest BCUT2D eigenvalue weighted by molar-refractivity contribution is 6.24. The molecule has 1 aliphatic heterocycles. The number of halogens is 5. The van der Waals surface area contributed by atoms with E-state index in [9.17, 15) is 31.5 Å². The highest BCUT2D eigenvalue weighted by Crippen LogP contribution is 2.40. The van der Waals surface area contributed by atoms with Crippen molar-refractivity contribution < 1.29 is 36.3 Å². The number of imide groups is 1. The minimum Gasteiger partial charge on any atom is -0.477 e. The van der Waals surface area contributed by atoms with Gasteiger partial charge >= 0.3 is 0 Å². The van der Waals surface area contributed by atoms with Crippen LogP contribution in [-0.2, 0) is 4.79 Å². The molecular formula is C21H16F5NO3. The monoisotopic (exact) mass is 425 g/mol. The van der Waals surface area contributed by atoms with Crippen molar-refractivity contribution in [2.24, 2.45) is 5.92 Å². The van der Waals surface area contributed by atoms with Crippen LogP contribution in [0.1, 0.15) is 36.7 Å². The van der Waals surface area contributed by atoms with Crippen LogP contribution < -0.4 is 9.64 Å². The molecule has 1 atom stereocenters. The third-order valence-electron chi connectivity index (χ3n) is 4.55. The second kappa shape index (κ2) is 7.89. The van der Waals surface area contributed by atoms with Crippen LogP contribution in [0.15, 0.2) is 24.3 Å². The van der Waals surface area contributed by atoms with E-state index in [2.05, 4.69) is 0 Å². The number of ether oxygens (including phenoxy) is 1. The quantitative estimate of drug-likeness (QED) is 0.301. The second-order valence-corrected chi connectivity index (χ2v) is 6.90. The number of anilines is 1. The molecular weight excluding hydrogens is 409 g/mol. The van der Waals surface area contributed by atoms with Gasteiger partial charge in [0.25, 0.3) is 11.8 Å². The molecule has 30 heavy (non-hydrogen) atoms. The van der Waals surface area contributed by atoms with Gasteiger partial charge in [-0.3, -0.25) is 9.59 Å². The molecule has 0 bridgehead atoms. The maximum Gasteiger partial charge on any atom is 0.275 e. The zero-order valence-corrected chi connectivity index (χ0v) is 16.1. The Morgan fingerprint density at radius 3 is 2.13 bits per heavy atom. The van der Waals surface area contributed by atoms with Gasteiger partial charge in [-0.2, -0.15) is 0 Å². The number of carbonyl (C=O) groups is 2. The van der Waals surface area contributed by atoms with Crippen molar-refractivity contribution in [1.82, 2.24) is 0 Å². The fourth-order valence-corrected chi connectivity index (χ4v) is 3.12. The lowest BCUT2D eigenvalue weighted by molar-refractivity contribution is -0.127. The highest BCUT2D eigenvalue weighted by Gasteiger charge is 2.43. The molecule has 1 aliphatic rings. The summed E-state index contributed by atoms with van der Waals surface area (Å²) in [6.45, 7) is 4.95. The number of amides is 2. The van der Waals surface area contributed by atoms with E-state index in [0.29, 0.717) is 10.5 Å². The standard InChI is InChI=1S/C21H16F5NO3/c1-4-6-10-7-5-8-11-19(10)30-18(9(2)3)21(29)27(11)20(28)12-13(22)15(24)17(26)16(25)14(12)23/h4-9,18H,1-3H3. The number of rotatable bonds is 3. The molecule has 0 N–H and O–H groups in total. The van der Waals surface area contributed by atoms with E-state index in [1.165, 1.54) is 12.1 Å². The van der Waals surface area contributed by atoms with E-state index in [4.69, 9.17) is 4.74 Å². The second-order valence-electron chi connectivity index (χ2n) is 6.90. The molecule has 0 aliphatic carbocycles. The Labute approximate surface area is 168 Å². The van der Waals surface area contributed by atoms with Crippen LogP contribution >= 0.6 is 0 Å². The Morgan fingerprint density at radius 2 is 1.60 bits per heavy atom. The molecule has 9 heteroatoms. The number of fused-ring (bicyclic) bond motifs is 1. The molecule has 0 saturated carbocycles. The van der Waals surface area contributed by atoms with Gasteiger partial charge in [-0.15, -0.1) is 0 Å². The van der Waals surface area contributed by atoms with E-state index >= 15 is 0 Å². The average Bonchev–Trinajstić information content (AvgIpc) is 2.70. The van der Waals surface area contributed by atoms with Crippen molar-refractivity contribution in [3.63, 3.8) is 0 Å². The normalized spacial score (nSPS) is 16.2. The van der Waals surface area contributed by atoms with Gasteiger partial charge in [0.15, 0.2) is 35.1 Å². The first kappa shape index (κ1) is 21.5. The summed E-state index contributed by atoms with van der Waals surface area (Å²) in [6.07, 6.45) is 2.07. The first-order valence-electron chi connectivity index (χ1n) is 8.93. The van der Waals surface area contributed by atoms with Gasteiger partial charge in [-0.1, -0.05) is 38.1 Å². The first-order valence-corrected chi connectivity index (χ1v) is 8.93. The number of para-hydroxylation sites is 1. The Morgan fingerprint density at radius 1 is 1.03 bits per heavy atom. The van der Waals surface area contributed by atoms with Crippen LogP contribution in [0.25, 0.3) is 6.08 Å². The van der Waals surface area contributed by atoms with Gasteiger partial charge in [-0.25, -0.2) is 26.9 Å². The minimum absolute atomic E-state index is 0.0751. The summed E-state index contributed by atoms with van der Waals surface area (Å²) in [5.74, 6) is -14.6. The Balaban J connectivity index is 2.27. The van der Waals surface area contributed by atoms with Gasteiger partial charge < -0.3 is 4.74 Å². The molecule has 2 aromatic carbocycles. The van der Waals surface area contributed by atoms with E-state index < -0.39 is 58.5 Å². The van der Waals surface area contributed by atoms with Crippen molar-refractivity contribution in [2.45, 2.75) is 26.9 Å². The molecule has 158 valence electrons. The average molecular weight is 425 g/mol. The van der Waals surface area contributed by atoms with Gasteiger partial charge in [-0.05, 0) is 18.9 Å². The van der Waals surface area contributed by atoms with Crippen molar-refractivity contribution >= 4 is 23.6 Å². The maximum absolute atomic E-state index is 14.2. The van der Waals surface area contributed by atoms with Crippen molar-refractivity contribution in [3.05, 3.63) is 64.5 Å². The van der Waals surface area contributed by atoms with E-state index in [-0.39, 0.29) is 11.4 Å². The van der Waals surface area contributed by atoms with Crippen LogP contribution in [0.4, 0.5) is 27.6 Å². The Bertz CT molecular complexity index is 1050. The number of nitrogens with zero attached hydrogens (tertiary/aromatic N) is 1. The van der Waals surface area contributed by atoms with Crippen LogP contribution in [0.2, 0.25) is 0 Å². The molecule has 0 spiro atoms. The molecule has 2 amide bonds. The molecule has 0 aromatic heterocycles. The van der Waals surface area contributed by atoms with Crippen LogP contribution in [-0.4, -0.2) is 17.9 Å². The van der Waals surface area contributed by atoms with Crippen molar-refractivity contribution in [2.75, 3.05) is 4.90 Å². The number of hydrogen-bond acceptors (Lipinski definition) is 3. The van der Waals surface area contributed by atoms with E-state index in [0.717, 1.165) is 0 Å². The number of hydrogen-bond donors (Lipinski definition) is 0. The molecule has 1 unspecified atom stereocenters. The molecule has 4 nitrogen and oxygen atoms in total. The smallest absolute Gasteiger partial charge is 0.275 e. The van der Waals surface area contributed by atoms with Crippen molar-refractivity contribution in [3.8, 4) is 5.75 Å². The van der Waals surface area contributed by atoms with Gasteiger partial charge in [0.1, 0.15) is 5.56 Å². The van der Waals surface area contributed by atoms with Gasteiger partial charge in [0, 0.05) is 5.56 Å².